The molecule has 296 valence electrons. The molecule has 0 N–H and O–H groups in total. The molecular weight excluding hydrogens is 745 g/mol. The van der Waals surface area contributed by atoms with Crippen LogP contribution < -0.4 is 9.80 Å². The maximum absolute atomic E-state index is 6.77. The van der Waals surface area contributed by atoms with Crippen molar-refractivity contribution in [3.05, 3.63) is 191 Å². The van der Waals surface area contributed by atoms with Gasteiger partial charge in [0.05, 0.1) is 0 Å². The van der Waals surface area contributed by atoms with Crippen molar-refractivity contribution in [2.45, 2.75) is 48.5 Å². The van der Waals surface area contributed by atoms with Gasteiger partial charge in [0.25, 0.3) is 0 Å². The molecule has 0 unspecified atom stereocenters. The Morgan fingerprint density at radius 2 is 0.754 bits per heavy atom. The van der Waals surface area contributed by atoms with Crippen LogP contribution in [-0.4, -0.2) is 0 Å². The number of nitrogens with zero attached hydrogens (tertiary/aromatic N) is 2. The summed E-state index contributed by atoms with van der Waals surface area (Å²) >= 11 is 0. The van der Waals surface area contributed by atoms with Gasteiger partial charge in [0.15, 0.2) is 0 Å². The Morgan fingerprint density at radius 3 is 1.18 bits per heavy atom. The van der Waals surface area contributed by atoms with Gasteiger partial charge in [0.2, 0.25) is 0 Å². The van der Waals surface area contributed by atoms with Gasteiger partial charge in [-0.15, -0.1) is 0 Å². The number of fused-ring (bicyclic) bond motifs is 8. The number of hydrogen-bond acceptors (Lipinski definition) is 4. The zero-order valence-electron chi connectivity index (χ0n) is 35.6. The number of rotatable bonds is 6. The van der Waals surface area contributed by atoms with E-state index < -0.39 is 0 Å². The molecule has 0 saturated carbocycles. The van der Waals surface area contributed by atoms with Gasteiger partial charge in [0.1, 0.15) is 22.3 Å². The molecule has 61 heavy (non-hydrogen) atoms. The zero-order chi connectivity index (χ0) is 41.7. The normalized spacial score (nSPS) is 11.9. The molecular formula is C57H46N2O2. The summed E-state index contributed by atoms with van der Waals surface area (Å²) < 4.78 is 13.5. The molecule has 0 saturated heterocycles. The van der Waals surface area contributed by atoms with Gasteiger partial charge in [-0.2, -0.15) is 0 Å². The molecule has 2 aromatic heterocycles. The average Bonchev–Trinajstić information content (AvgIpc) is 3.79. The number of benzene rings is 9. The molecule has 0 radical (unpaired) electrons. The fourth-order valence-electron chi connectivity index (χ4n) is 9.62. The molecule has 11 aromatic rings. The predicted octanol–water partition coefficient (Wildman–Crippen LogP) is 16.9. The van der Waals surface area contributed by atoms with Crippen LogP contribution in [0, 0.1) is 48.5 Å². The maximum Gasteiger partial charge on any atom is 0.142 e. The van der Waals surface area contributed by atoms with Crippen molar-refractivity contribution in [2.24, 2.45) is 0 Å². The molecule has 0 spiro atoms. The van der Waals surface area contributed by atoms with Crippen LogP contribution in [-0.2, 0) is 0 Å². The van der Waals surface area contributed by atoms with Gasteiger partial charge in [-0.25, -0.2) is 0 Å². The first-order valence-corrected chi connectivity index (χ1v) is 21.2. The summed E-state index contributed by atoms with van der Waals surface area (Å²) in [5.41, 5.74) is 18.8. The Morgan fingerprint density at radius 1 is 0.328 bits per heavy atom. The van der Waals surface area contributed by atoms with E-state index in [0.29, 0.717) is 0 Å². The fraction of sp³-hybridized carbons (Fsp3) is 0.123. The Bertz CT molecular complexity index is 3350. The van der Waals surface area contributed by atoms with E-state index in [0.717, 1.165) is 71.6 Å². The van der Waals surface area contributed by atoms with E-state index in [1.54, 1.807) is 0 Å². The van der Waals surface area contributed by atoms with E-state index in [1.807, 2.05) is 0 Å². The highest BCUT2D eigenvalue weighted by Gasteiger charge is 2.22. The number of furan rings is 2. The molecule has 0 bridgehead atoms. The SMILES string of the molecule is Cc1ccc(N(c2ccc3cc4c(cc3c2)oc2c(C)c3oc5cc6cc(N(c7ccccc7C)c7ccc(C)cc7C)ccc6cc5c3cc24)c2ccccc2C)c(C)c1. The van der Waals surface area contributed by atoms with Crippen LogP contribution in [0.3, 0.4) is 0 Å². The average molecular weight is 791 g/mol. The summed E-state index contributed by atoms with van der Waals surface area (Å²) in [6.07, 6.45) is 0. The van der Waals surface area contributed by atoms with Crippen LogP contribution in [0.2, 0.25) is 0 Å². The summed E-state index contributed by atoms with van der Waals surface area (Å²) in [5, 5.41) is 9.00. The van der Waals surface area contributed by atoms with Gasteiger partial charge < -0.3 is 18.6 Å². The van der Waals surface area contributed by atoms with Crippen molar-refractivity contribution < 1.29 is 8.83 Å². The monoisotopic (exact) mass is 790 g/mol. The van der Waals surface area contributed by atoms with Gasteiger partial charge in [-0.3, -0.25) is 0 Å². The summed E-state index contributed by atoms with van der Waals surface area (Å²) in [7, 11) is 0. The quantitative estimate of drug-likeness (QED) is 0.168. The van der Waals surface area contributed by atoms with E-state index >= 15 is 0 Å². The van der Waals surface area contributed by atoms with Gasteiger partial charge in [0, 0.05) is 61.2 Å². The van der Waals surface area contributed by atoms with Gasteiger partial charge in [-0.1, -0.05) is 83.9 Å². The van der Waals surface area contributed by atoms with Crippen LogP contribution in [0.4, 0.5) is 34.1 Å². The molecule has 9 aromatic carbocycles. The van der Waals surface area contributed by atoms with Crippen LogP contribution >= 0.6 is 0 Å². The standard InChI is InChI=1S/C57H46N2O2/c1-33-16-22-52(37(5)24-33)58(50-14-10-8-12-35(50)3)44-20-18-40-28-46-48-32-49-47-29-41-19-21-45(59(51-15-11-9-13-36(51)4)53-23-17-34(2)25-38(53)6)27-43(41)31-55(47)61-57(49)39(7)56(48)60-54(46)30-42(40)26-44/h8-32H,1-7H3. The Hall–Kier alpha value is -7.30. The van der Waals surface area contributed by atoms with Crippen LogP contribution in [0.1, 0.15) is 38.9 Å². The molecule has 0 atom stereocenters. The molecule has 0 amide bonds. The molecule has 2 heterocycles. The molecule has 0 aliphatic heterocycles. The molecule has 0 aliphatic rings. The molecule has 0 fully saturated rings. The van der Waals surface area contributed by atoms with Gasteiger partial charge >= 0.3 is 0 Å². The lowest BCUT2D eigenvalue weighted by molar-refractivity contribution is 0.651. The number of para-hydroxylation sites is 2. The minimum atomic E-state index is 0.864. The smallest absolute Gasteiger partial charge is 0.142 e. The third-order valence-corrected chi connectivity index (χ3v) is 12.7. The number of anilines is 6. The summed E-state index contributed by atoms with van der Waals surface area (Å²) in [6.45, 7) is 15.2. The van der Waals surface area contributed by atoms with E-state index in [2.05, 4.69) is 210 Å². The maximum atomic E-state index is 6.77. The van der Waals surface area contributed by atoms with Gasteiger partial charge in [-0.05, 0) is 171 Å². The summed E-state index contributed by atoms with van der Waals surface area (Å²) in [5.74, 6) is 0. The van der Waals surface area contributed by atoms with Crippen molar-refractivity contribution in [1.29, 1.82) is 0 Å². The van der Waals surface area contributed by atoms with Crippen LogP contribution in [0.15, 0.2) is 160 Å². The van der Waals surface area contributed by atoms with Crippen molar-refractivity contribution >= 4 is 99.5 Å². The highest BCUT2D eigenvalue weighted by atomic mass is 16.3. The molecule has 4 nitrogen and oxygen atoms in total. The third-order valence-electron chi connectivity index (χ3n) is 12.7. The van der Waals surface area contributed by atoms with E-state index in [1.165, 1.54) is 66.9 Å². The van der Waals surface area contributed by atoms with Crippen molar-refractivity contribution in [2.75, 3.05) is 9.80 Å². The highest BCUT2D eigenvalue weighted by Crippen LogP contribution is 2.45. The fourth-order valence-corrected chi connectivity index (χ4v) is 9.62. The second-order valence-electron chi connectivity index (χ2n) is 17.0. The zero-order valence-corrected chi connectivity index (χ0v) is 35.6. The third kappa shape index (κ3) is 5.96. The lowest BCUT2D eigenvalue weighted by Crippen LogP contribution is -2.12. The van der Waals surface area contributed by atoms with E-state index in [-0.39, 0.29) is 0 Å². The van der Waals surface area contributed by atoms with Crippen molar-refractivity contribution in [3.8, 4) is 0 Å². The van der Waals surface area contributed by atoms with E-state index in [9.17, 15) is 0 Å². The van der Waals surface area contributed by atoms with Crippen molar-refractivity contribution in [1.82, 2.24) is 0 Å². The first kappa shape index (κ1) is 36.8. The topological polar surface area (TPSA) is 32.8 Å². The number of aryl methyl sites for hydroxylation is 7. The van der Waals surface area contributed by atoms with Crippen LogP contribution in [0.5, 0.6) is 0 Å². The largest absolute Gasteiger partial charge is 0.456 e. The van der Waals surface area contributed by atoms with Crippen molar-refractivity contribution in [3.63, 3.8) is 0 Å². The Kier molecular flexibility index (Phi) is 8.37. The predicted molar refractivity (Wildman–Crippen MR) is 259 cm³/mol. The van der Waals surface area contributed by atoms with E-state index in [4.69, 9.17) is 8.83 Å². The molecule has 4 heteroatoms. The highest BCUT2D eigenvalue weighted by molar-refractivity contribution is 6.20. The lowest BCUT2D eigenvalue weighted by Gasteiger charge is -2.29. The molecule has 0 aliphatic carbocycles. The lowest BCUT2D eigenvalue weighted by atomic mass is 10.00. The second kappa shape index (κ2) is 13.9. The minimum Gasteiger partial charge on any atom is -0.456 e. The second-order valence-corrected chi connectivity index (χ2v) is 17.0. The van der Waals surface area contributed by atoms with Crippen LogP contribution in [0.25, 0.3) is 65.4 Å². The first-order chi connectivity index (χ1) is 29.6. The summed E-state index contributed by atoms with van der Waals surface area (Å²) in [4.78, 5) is 4.76. The minimum absolute atomic E-state index is 0.864. The number of hydrogen-bond donors (Lipinski definition) is 0. The Labute approximate surface area is 355 Å². The molecule has 11 rings (SSSR count). The summed E-state index contributed by atoms with van der Waals surface area (Å²) in [6, 6.07) is 55.4. The Balaban J connectivity index is 1.03. The first-order valence-electron chi connectivity index (χ1n) is 21.2.